The largest absolute Gasteiger partial charge is 0.326 e. The standard InChI is InChI=1S/C16H27N7O/c1-2-11(16(18)21-22-19)8-14(12-5-6-12)20-10-15(24)23-7-3-4-13(23)9-17/h11-14,20H,2-8,10H2,1H3,(H3,18,19,21). The lowest BCUT2D eigenvalue weighted by atomic mass is 9.93. The van der Waals surface area contributed by atoms with Gasteiger partial charge in [0, 0.05) is 18.5 Å². The van der Waals surface area contributed by atoms with Crippen molar-refractivity contribution in [2.24, 2.45) is 28.0 Å². The van der Waals surface area contributed by atoms with Crippen molar-refractivity contribution in [1.29, 1.82) is 10.7 Å². The minimum Gasteiger partial charge on any atom is -0.326 e. The second kappa shape index (κ2) is 8.73. The first-order valence-electron chi connectivity index (χ1n) is 8.72. The van der Waals surface area contributed by atoms with Crippen LogP contribution < -0.4 is 11.2 Å². The second-order valence-electron chi connectivity index (χ2n) is 6.64. The molecule has 2 fully saturated rings. The Labute approximate surface area is 143 Å². The van der Waals surface area contributed by atoms with Gasteiger partial charge < -0.3 is 16.1 Å². The fraction of sp³-hybridized carbons (Fsp3) is 0.812. The van der Waals surface area contributed by atoms with Crippen molar-refractivity contribution in [3.05, 3.63) is 0 Å². The van der Waals surface area contributed by atoms with E-state index in [0.717, 1.165) is 38.5 Å². The van der Waals surface area contributed by atoms with Crippen molar-refractivity contribution in [2.75, 3.05) is 13.1 Å². The van der Waals surface area contributed by atoms with Gasteiger partial charge in [0.05, 0.1) is 12.6 Å². The summed E-state index contributed by atoms with van der Waals surface area (Å²) in [5.74, 6) is 5.78. The monoisotopic (exact) mass is 333 g/mol. The fourth-order valence-corrected chi connectivity index (χ4v) is 3.38. The lowest BCUT2D eigenvalue weighted by molar-refractivity contribution is -0.130. The van der Waals surface area contributed by atoms with Crippen LogP contribution in [-0.2, 0) is 4.79 Å². The van der Waals surface area contributed by atoms with Crippen molar-refractivity contribution in [3.63, 3.8) is 0 Å². The molecule has 8 heteroatoms. The number of hydrogen-bond donors (Lipinski definition) is 3. The van der Waals surface area contributed by atoms with E-state index in [0.29, 0.717) is 12.5 Å². The molecule has 24 heavy (non-hydrogen) atoms. The Kier molecular flexibility index (Phi) is 6.67. The van der Waals surface area contributed by atoms with E-state index in [1.807, 2.05) is 6.92 Å². The maximum absolute atomic E-state index is 12.4. The van der Waals surface area contributed by atoms with Gasteiger partial charge in [-0.2, -0.15) is 5.26 Å². The van der Waals surface area contributed by atoms with Crippen LogP contribution in [0.3, 0.4) is 0 Å². The summed E-state index contributed by atoms with van der Waals surface area (Å²) in [7, 11) is 0. The lowest BCUT2D eigenvalue weighted by Crippen LogP contribution is -2.44. The Morgan fingerprint density at radius 2 is 2.25 bits per heavy atom. The smallest absolute Gasteiger partial charge is 0.237 e. The number of nitrogens with two attached hydrogens (primary N) is 1. The first kappa shape index (κ1) is 18.3. The van der Waals surface area contributed by atoms with Gasteiger partial charge in [-0.05, 0) is 44.4 Å². The molecule has 0 aromatic carbocycles. The molecule has 4 N–H and O–H groups in total. The van der Waals surface area contributed by atoms with Crippen LogP contribution >= 0.6 is 0 Å². The van der Waals surface area contributed by atoms with E-state index in [4.69, 9.17) is 16.5 Å². The van der Waals surface area contributed by atoms with Crippen LogP contribution in [0.2, 0.25) is 0 Å². The summed E-state index contributed by atoms with van der Waals surface area (Å²) >= 11 is 0. The number of amidine groups is 1. The van der Waals surface area contributed by atoms with Gasteiger partial charge in [0.25, 0.3) is 0 Å². The summed E-state index contributed by atoms with van der Waals surface area (Å²) in [6.45, 7) is 2.94. The molecular weight excluding hydrogens is 306 g/mol. The number of nitrogens with zero attached hydrogens (tertiary/aromatic N) is 4. The zero-order chi connectivity index (χ0) is 17.5. The van der Waals surface area contributed by atoms with Gasteiger partial charge >= 0.3 is 0 Å². The van der Waals surface area contributed by atoms with Crippen molar-refractivity contribution in [1.82, 2.24) is 10.2 Å². The molecule has 2 aliphatic rings. The van der Waals surface area contributed by atoms with Crippen molar-refractivity contribution in [3.8, 4) is 6.07 Å². The van der Waals surface area contributed by atoms with Gasteiger partial charge in [0.1, 0.15) is 11.9 Å². The highest BCUT2D eigenvalue weighted by Gasteiger charge is 2.35. The van der Waals surface area contributed by atoms with Crippen LogP contribution in [-0.4, -0.2) is 41.8 Å². The Hall–Kier alpha value is -2.01. The molecule has 1 saturated heterocycles. The summed E-state index contributed by atoms with van der Waals surface area (Å²) in [4.78, 5) is 14.1. The van der Waals surface area contributed by atoms with Crippen molar-refractivity contribution >= 4 is 11.7 Å². The zero-order valence-electron chi connectivity index (χ0n) is 14.2. The van der Waals surface area contributed by atoms with E-state index in [-0.39, 0.29) is 36.3 Å². The molecule has 0 radical (unpaired) electrons. The van der Waals surface area contributed by atoms with Gasteiger partial charge in [0.2, 0.25) is 5.91 Å². The highest BCUT2D eigenvalue weighted by atomic mass is 16.2. The van der Waals surface area contributed by atoms with Gasteiger partial charge in [-0.25, -0.2) is 0 Å². The van der Waals surface area contributed by atoms with Crippen molar-refractivity contribution in [2.45, 2.75) is 57.5 Å². The zero-order valence-corrected chi connectivity index (χ0v) is 14.2. The summed E-state index contributed by atoms with van der Waals surface area (Å²) in [6.07, 6.45) is 5.52. The molecule has 0 aromatic heterocycles. The molecule has 0 spiro atoms. The average Bonchev–Trinajstić information content (AvgIpc) is 3.31. The Morgan fingerprint density at radius 3 is 2.83 bits per heavy atom. The molecule has 1 saturated carbocycles. The van der Waals surface area contributed by atoms with E-state index < -0.39 is 0 Å². The number of carbonyl (C=O) groups is 1. The molecule has 2 rings (SSSR count). The quantitative estimate of drug-likeness (QED) is 0.205. The highest BCUT2D eigenvalue weighted by molar-refractivity contribution is 5.82. The number of amides is 1. The molecule has 0 bridgehead atoms. The van der Waals surface area contributed by atoms with Crippen LogP contribution in [0.5, 0.6) is 0 Å². The number of likely N-dealkylation sites (tertiary alicyclic amines) is 1. The van der Waals surface area contributed by atoms with Crippen molar-refractivity contribution < 1.29 is 4.79 Å². The third-order valence-electron chi connectivity index (χ3n) is 5.01. The molecule has 1 heterocycles. The number of rotatable bonds is 8. The van der Waals surface area contributed by atoms with Gasteiger partial charge in [0.15, 0.2) is 0 Å². The van der Waals surface area contributed by atoms with E-state index in [2.05, 4.69) is 21.7 Å². The van der Waals surface area contributed by atoms with Crippen LogP contribution in [0.15, 0.2) is 10.3 Å². The van der Waals surface area contributed by atoms with E-state index in [1.54, 1.807) is 4.90 Å². The van der Waals surface area contributed by atoms with Gasteiger partial charge in [-0.1, -0.05) is 12.1 Å². The van der Waals surface area contributed by atoms with Crippen LogP contribution in [0.25, 0.3) is 0 Å². The Bertz CT molecular complexity index is 523. The first-order valence-corrected chi connectivity index (χ1v) is 8.72. The fourth-order valence-electron chi connectivity index (χ4n) is 3.38. The maximum Gasteiger partial charge on any atom is 0.237 e. The summed E-state index contributed by atoms with van der Waals surface area (Å²) in [5, 5.41) is 27.3. The van der Waals surface area contributed by atoms with Crippen LogP contribution in [0, 0.1) is 28.6 Å². The Morgan fingerprint density at radius 1 is 1.50 bits per heavy atom. The summed E-state index contributed by atoms with van der Waals surface area (Å²) in [6, 6.07) is 2.12. The number of nitrogens with one attached hydrogen (secondary N) is 2. The third-order valence-corrected chi connectivity index (χ3v) is 5.01. The summed E-state index contributed by atoms with van der Waals surface area (Å²) in [5.41, 5.74) is 0. The molecule has 132 valence electrons. The highest BCUT2D eigenvalue weighted by Crippen LogP contribution is 2.36. The number of nitriles is 1. The Balaban J connectivity index is 1.88. The lowest BCUT2D eigenvalue weighted by Gasteiger charge is -2.25. The van der Waals surface area contributed by atoms with Crippen LogP contribution in [0.4, 0.5) is 0 Å². The topological polar surface area (TPSA) is 131 Å². The molecule has 3 atom stereocenters. The van der Waals surface area contributed by atoms with E-state index >= 15 is 0 Å². The third kappa shape index (κ3) is 4.74. The first-order chi connectivity index (χ1) is 11.6. The van der Waals surface area contributed by atoms with E-state index in [1.165, 1.54) is 0 Å². The molecule has 1 aliphatic heterocycles. The second-order valence-corrected chi connectivity index (χ2v) is 6.64. The van der Waals surface area contributed by atoms with Gasteiger partial charge in [-0.15, -0.1) is 5.11 Å². The molecule has 1 amide bonds. The molecule has 8 nitrogen and oxygen atoms in total. The molecular formula is C16H27N7O. The van der Waals surface area contributed by atoms with E-state index in [9.17, 15) is 4.79 Å². The molecule has 3 unspecified atom stereocenters. The maximum atomic E-state index is 12.4. The van der Waals surface area contributed by atoms with Crippen LogP contribution in [0.1, 0.15) is 45.4 Å². The SMILES string of the molecule is CCC(CC(NCC(=O)N1CCCC1C#N)C1CC1)C(=N)N=NN. The molecule has 1 aliphatic carbocycles. The predicted octanol–water partition coefficient (Wildman–Crippen LogP) is 1.59. The minimum atomic E-state index is -0.278. The van der Waals surface area contributed by atoms with Gasteiger partial charge in [-0.3, -0.25) is 10.2 Å². The average molecular weight is 333 g/mol. The number of carbonyl (C=O) groups excluding carboxylic acids is 1. The predicted molar refractivity (Wildman–Crippen MR) is 90.0 cm³/mol. The normalized spacial score (nSPS) is 23.2. The minimum absolute atomic E-state index is 0.00512. The molecule has 0 aromatic rings. The summed E-state index contributed by atoms with van der Waals surface area (Å²) < 4.78 is 0. The number of hydrogen-bond acceptors (Lipinski definition) is 5.